The maximum atomic E-state index is 11.5. The maximum Gasteiger partial charge on any atom is 0.241 e. The van der Waals surface area contributed by atoms with E-state index in [1.165, 1.54) is 12.1 Å². The summed E-state index contributed by atoms with van der Waals surface area (Å²) in [6.45, 7) is -0.262. The van der Waals surface area contributed by atoms with E-state index in [1.54, 1.807) is 18.2 Å². The topological polar surface area (TPSA) is 93.8 Å². The zero-order valence-corrected chi connectivity index (χ0v) is 9.16. The van der Waals surface area contributed by atoms with Gasteiger partial charge in [0.1, 0.15) is 0 Å². The van der Waals surface area contributed by atoms with E-state index < -0.39 is 10.0 Å². The van der Waals surface area contributed by atoms with Crippen LogP contribution in [0.5, 0.6) is 0 Å². The molecule has 0 spiro atoms. The normalized spacial score (nSPS) is 10.4. The molecule has 5 nitrogen and oxygen atoms in total. The van der Waals surface area contributed by atoms with Crippen molar-refractivity contribution in [2.45, 2.75) is 11.3 Å². The molecule has 0 aliphatic heterocycles. The molecule has 82 valence electrons. The second-order valence-electron chi connectivity index (χ2n) is 2.96. The Morgan fingerprint density at radius 1 is 1.12 bits per heavy atom. The first-order chi connectivity index (χ1) is 7.60. The number of rotatable bonds is 4. The van der Waals surface area contributed by atoms with Crippen LogP contribution in [-0.4, -0.2) is 15.0 Å². The Kier molecular flexibility index (Phi) is 4.01. The Hall–Kier alpha value is -1.89. The zero-order valence-electron chi connectivity index (χ0n) is 8.34. The summed E-state index contributed by atoms with van der Waals surface area (Å²) in [5.41, 5.74) is 0.752. The van der Waals surface area contributed by atoms with E-state index in [-0.39, 0.29) is 17.9 Å². The Morgan fingerprint density at radius 3 is 2.25 bits per heavy atom. The van der Waals surface area contributed by atoms with Crippen LogP contribution in [0.4, 0.5) is 0 Å². The molecule has 6 heteroatoms. The monoisotopic (exact) mass is 235 g/mol. The van der Waals surface area contributed by atoms with E-state index in [1.807, 2.05) is 6.07 Å². The van der Waals surface area contributed by atoms with E-state index in [9.17, 15) is 8.42 Å². The first kappa shape index (κ1) is 12.2. The highest BCUT2D eigenvalue weighted by molar-refractivity contribution is 7.89. The minimum absolute atomic E-state index is 0.0874. The van der Waals surface area contributed by atoms with E-state index in [0.29, 0.717) is 0 Å². The van der Waals surface area contributed by atoms with Gasteiger partial charge in [0.2, 0.25) is 10.0 Å². The molecule has 0 bridgehead atoms. The van der Waals surface area contributed by atoms with Gasteiger partial charge in [-0.2, -0.15) is 15.2 Å². The van der Waals surface area contributed by atoms with Crippen molar-refractivity contribution >= 4 is 10.0 Å². The molecular formula is C10H9N3O2S. The van der Waals surface area contributed by atoms with Gasteiger partial charge in [0.05, 0.1) is 30.0 Å². The number of benzene rings is 1. The molecule has 0 radical (unpaired) electrons. The molecule has 0 aliphatic rings. The van der Waals surface area contributed by atoms with Gasteiger partial charge in [-0.05, 0) is 17.7 Å². The molecule has 1 aromatic carbocycles. The number of hydrogen-bond acceptors (Lipinski definition) is 4. The lowest BCUT2D eigenvalue weighted by atomic mass is 10.2. The summed E-state index contributed by atoms with van der Waals surface area (Å²) in [5, 5.41) is 16.7. The lowest BCUT2D eigenvalue weighted by Crippen LogP contribution is -2.23. The van der Waals surface area contributed by atoms with Crippen LogP contribution < -0.4 is 4.72 Å². The molecule has 1 rings (SSSR count). The van der Waals surface area contributed by atoms with E-state index >= 15 is 0 Å². The Balaban J connectivity index is 2.90. The largest absolute Gasteiger partial charge is 0.241 e. The second kappa shape index (κ2) is 5.26. The van der Waals surface area contributed by atoms with Gasteiger partial charge < -0.3 is 0 Å². The highest BCUT2D eigenvalue weighted by Gasteiger charge is 2.12. The van der Waals surface area contributed by atoms with Crippen molar-refractivity contribution in [2.75, 3.05) is 6.54 Å². The molecule has 0 atom stereocenters. The van der Waals surface area contributed by atoms with Crippen molar-refractivity contribution in [1.29, 1.82) is 10.5 Å². The van der Waals surface area contributed by atoms with Gasteiger partial charge in [0, 0.05) is 0 Å². The summed E-state index contributed by atoms with van der Waals surface area (Å²) >= 11 is 0. The van der Waals surface area contributed by atoms with Crippen molar-refractivity contribution in [3.63, 3.8) is 0 Å². The van der Waals surface area contributed by atoms with E-state index in [4.69, 9.17) is 10.5 Å². The van der Waals surface area contributed by atoms with Crippen LogP contribution in [0.15, 0.2) is 29.2 Å². The molecule has 0 aliphatic carbocycles. The van der Waals surface area contributed by atoms with Gasteiger partial charge in [0.25, 0.3) is 0 Å². The summed E-state index contributed by atoms with van der Waals surface area (Å²) in [7, 11) is -3.61. The molecule has 0 amide bonds. The van der Waals surface area contributed by atoms with Gasteiger partial charge in [-0.15, -0.1) is 0 Å². The molecule has 0 unspecified atom stereocenters. The van der Waals surface area contributed by atoms with Gasteiger partial charge >= 0.3 is 0 Å². The molecule has 1 N–H and O–H groups in total. The van der Waals surface area contributed by atoms with Crippen molar-refractivity contribution in [2.24, 2.45) is 0 Å². The van der Waals surface area contributed by atoms with Gasteiger partial charge in [-0.25, -0.2) is 8.42 Å². The number of nitrogens with zero attached hydrogens (tertiary/aromatic N) is 2. The van der Waals surface area contributed by atoms with Gasteiger partial charge in [-0.1, -0.05) is 12.1 Å². The summed E-state index contributed by atoms with van der Waals surface area (Å²) in [6, 6.07) is 9.63. The summed E-state index contributed by atoms with van der Waals surface area (Å²) in [5.74, 6) is 0. The SMILES string of the molecule is N#CCNS(=O)(=O)c1ccc(CC#N)cc1. The number of hydrogen-bond donors (Lipinski definition) is 1. The summed E-state index contributed by atoms with van der Waals surface area (Å²) in [4.78, 5) is 0.0874. The first-order valence-electron chi connectivity index (χ1n) is 4.42. The fraction of sp³-hybridized carbons (Fsp3) is 0.200. The summed E-state index contributed by atoms with van der Waals surface area (Å²) in [6.07, 6.45) is 0.242. The molecule has 0 heterocycles. The van der Waals surface area contributed by atoms with Crippen LogP contribution in [0.25, 0.3) is 0 Å². The van der Waals surface area contributed by atoms with Crippen molar-refractivity contribution < 1.29 is 8.42 Å². The van der Waals surface area contributed by atoms with Gasteiger partial charge in [0.15, 0.2) is 0 Å². The lowest BCUT2D eigenvalue weighted by molar-refractivity contribution is 0.586. The van der Waals surface area contributed by atoms with Crippen LogP contribution in [0.3, 0.4) is 0 Å². The van der Waals surface area contributed by atoms with Crippen molar-refractivity contribution in [1.82, 2.24) is 4.72 Å². The zero-order chi connectivity index (χ0) is 12.0. The molecule has 16 heavy (non-hydrogen) atoms. The minimum atomic E-state index is -3.61. The third kappa shape index (κ3) is 3.06. The van der Waals surface area contributed by atoms with Crippen molar-refractivity contribution in [3.05, 3.63) is 29.8 Å². The molecule has 1 aromatic rings. The van der Waals surface area contributed by atoms with Crippen LogP contribution >= 0.6 is 0 Å². The predicted octanol–water partition coefficient (Wildman–Crippen LogP) is 0.555. The minimum Gasteiger partial charge on any atom is -0.207 e. The quantitative estimate of drug-likeness (QED) is 0.771. The predicted molar refractivity (Wildman–Crippen MR) is 56.6 cm³/mol. The number of nitriles is 2. The lowest BCUT2D eigenvalue weighted by Gasteiger charge is -2.03. The van der Waals surface area contributed by atoms with Crippen LogP contribution in [0, 0.1) is 22.7 Å². The molecule has 0 saturated carbocycles. The molecule has 0 aromatic heterocycles. The third-order valence-electron chi connectivity index (χ3n) is 1.86. The maximum absolute atomic E-state index is 11.5. The van der Waals surface area contributed by atoms with Crippen LogP contribution in [-0.2, 0) is 16.4 Å². The molecular weight excluding hydrogens is 226 g/mol. The van der Waals surface area contributed by atoms with Crippen LogP contribution in [0.1, 0.15) is 5.56 Å². The number of sulfonamides is 1. The Morgan fingerprint density at radius 2 is 1.75 bits per heavy atom. The Bertz CT molecular complexity index is 535. The van der Waals surface area contributed by atoms with E-state index in [0.717, 1.165) is 5.56 Å². The first-order valence-corrected chi connectivity index (χ1v) is 5.91. The number of nitrogens with one attached hydrogen (secondary N) is 1. The third-order valence-corrected chi connectivity index (χ3v) is 3.28. The Labute approximate surface area is 94.0 Å². The average Bonchev–Trinajstić information content (AvgIpc) is 2.28. The fourth-order valence-electron chi connectivity index (χ4n) is 1.09. The summed E-state index contributed by atoms with van der Waals surface area (Å²) < 4.78 is 25.2. The highest BCUT2D eigenvalue weighted by atomic mass is 32.2. The second-order valence-corrected chi connectivity index (χ2v) is 4.73. The molecule has 0 saturated heterocycles. The van der Waals surface area contributed by atoms with Gasteiger partial charge in [-0.3, -0.25) is 0 Å². The van der Waals surface area contributed by atoms with Crippen molar-refractivity contribution in [3.8, 4) is 12.1 Å². The van der Waals surface area contributed by atoms with E-state index in [2.05, 4.69) is 4.72 Å². The standard InChI is InChI=1S/C10H9N3O2S/c11-6-5-9-1-3-10(4-2-9)16(14,15)13-8-7-12/h1-4,13H,5,8H2. The van der Waals surface area contributed by atoms with Crippen LogP contribution in [0.2, 0.25) is 0 Å². The fourth-order valence-corrected chi connectivity index (χ4v) is 2.00. The molecule has 0 fully saturated rings. The average molecular weight is 235 g/mol. The smallest absolute Gasteiger partial charge is 0.207 e. The highest BCUT2D eigenvalue weighted by Crippen LogP contribution is 2.10.